The Hall–Kier alpha value is -1.40. The summed E-state index contributed by atoms with van der Waals surface area (Å²) in [6.45, 7) is 5.54. The number of aryl methyl sites for hydroxylation is 1. The highest BCUT2D eigenvalue weighted by Gasteiger charge is 2.26. The molecule has 1 aromatic rings. The summed E-state index contributed by atoms with van der Waals surface area (Å²) in [5.41, 5.74) is 0.999. The van der Waals surface area contributed by atoms with Crippen LogP contribution in [-0.2, 0) is 9.47 Å². The Kier molecular flexibility index (Phi) is 5.10. The van der Waals surface area contributed by atoms with Crippen molar-refractivity contribution < 1.29 is 9.47 Å². The molecule has 0 amide bonds. The van der Waals surface area contributed by atoms with Gasteiger partial charge in [-0.15, -0.1) is 0 Å². The number of hydrogen-bond donors (Lipinski definition) is 1. The van der Waals surface area contributed by atoms with Gasteiger partial charge in [-0.3, -0.25) is 0 Å². The molecule has 0 spiro atoms. The minimum absolute atomic E-state index is 0.0717. The smallest absolute Gasteiger partial charge is 0.227 e. The first-order valence-electron chi connectivity index (χ1n) is 8.24. The standard InChI is InChI=1S/C16H26N4O2/c1-12-10-15(18-13-6-9-22-11-14(13)21-2)19-16(17-12)20-7-4-3-5-8-20/h10,13-14H,3-9,11H2,1-2H3,(H,17,18,19)/t13-,14-/m0/s1. The average molecular weight is 306 g/mol. The van der Waals surface area contributed by atoms with Crippen LogP contribution in [0.25, 0.3) is 0 Å². The van der Waals surface area contributed by atoms with Gasteiger partial charge in [-0.2, -0.15) is 4.98 Å². The number of anilines is 2. The fourth-order valence-corrected chi connectivity index (χ4v) is 3.16. The van der Waals surface area contributed by atoms with E-state index in [1.54, 1.807) is 7.11 Å². The van der Waals surface area contributed by atoms with Crippen molar-refractivity contribution in [3.8, 4) is 0 Å². The summed E-state index contributed by atoms with van der Waals surface area (Å²) in [6, 6.07) is 2.25. The lowest BCUT2D eigenvalue weighted by molar-refractivity contribution is -0.0367. The van der Waals surface area contributed by atoms with Crippen molar-refractivity contribution >= 4 is 11.8 Å². The van der Waals surface area contributed by atoms with Crippen LogP contribution >= 0.6 is 0 Å². The van der Waals surface area contributed by atoms with E-state index in [1.807, 2.05) is 13.0 Å². The first-order chi connectivity index (χ1) is 10.8. The third-order valence-corrected chi connectivity index (χ3v) is 4.42. The van der Waals surface area contributed by atoms with Crippen molar-refractivity contribution in [2.45, 2.75) is 44.8 Å². The van der Waals surface area contributed by atoms with Gasteiger partial charge in [-0.05, 0) is 32.6 Å². The monoisotopic (exact) mass is 306 g/mol. The number of nitrogens with zero attached hydrogens (tertiary/aromatic N) is 3. The molecule has 2 fully saturated rings. The number of nitrogens with one attached hydrogen (secondary N) is 1. The van der Waals surface area contributed by atoms with Crippen molar-refractivity contribution in [3.05, 3.63) is 11.8 Å². The highest BCUT2D eigenvalue weighted by molar-refractivity contribution is 5.44. The Morgan fingerprint density at radius 2 is 2.09 bits per heavy atom. The Morgan fingerprint density at radius 1 is 1.27 bits per heavy atom. The van der Waals surface area contributed by atoms with E-state index in [1.165, 1.54) is 19.3 Å². The second kappa shape index (κ2) is 7.24. The number of piperidine rings is 1. The van der Waals surface area contributed by atoms with Crippen LogP contribution in [0.15, 0.2) is 6.07 Å². The molecular weight excluding hydrogens is 280 g/mol. The summed E-state index contributed by atoms with van der Waals surface area (Å²) in [5.74, 6) is 1.74. The average Bonchev–Trinajstić information content (AvgIpc) is 2.56. The van der Waals surface area contributed by atoms with Gasteiger partial charge in [-0.1, -0.05) is 0 Å². The number of ether oxygens (including phenoxy) is 2. The summed E-state index contributed by atoms with van der Waals surface area (Å²) in [7, 11) is 1.73. The van der Waals surface area contributed by atoms with Crippen molar-refractivity contribution in [1.82, 2.24) is 9.97 Å². The van der Waals surface area contributed by atoms with Gasteiger partial charge >= 0.3 is 0 Å². The van der Waals surface area contributed by atoms with E-state index >= 15 is 0 Å². The van der Waals surface area contributed by atoms with Crippen LogP contribution in [-0.4, -0.2) is 55.5 Å². The molecule has 0 radical (unpaired) electrons. The zero-order valence-corrected chi connectivity index (χ0v) is 13.5. The summed E-state index contributed by atoms with van der Waals surface area (Å²) in [4.78, 5) is 11.6. The minimum atomic E-state index is 0.0717. The Labute approximate surface area is 132 Å². The molecule has 6 heteroatoms. The SMILES string of the molecule is CO[C@H]1COCC[C@@H]1Nc1cc(C)nc(N2CCCCC2)n1. The van der Waals surface area contributed by atoms with E-state index < -0.39 is 0 Å². The molecule has 22 heavy (non-hydrogen) atoms. The number of methoxy groups -OCH3 is 1. The van der Waals surface area contributed by atoms with E-state index in [2.05, 4.69) is 15.2 Å². The molecule has 2 aliphatic heterocycles. The van der Waals surface area contributed by atoms with E-state index in [4.69, 9.17) is 14.5 Å². The molecule has 1 aromatic heterocycles. The molecular formula is C16H26N4O2. The third-order valence-electron chi connectivity index (χ3n) is 4.42. The number of hydrogen-bond acceptors (Lipinski definition) is 6. The second-order valence-corrected chi connectivity index (χ2v) is 6.13. The quantitative estimate of drug-likeness (QED) is 0.918. The van der Waals surface area contributed by atoms with E-state index in [9.17, 15) is 0 Å². The first kappa shape index (κ1) is 15.5. The highest BCUT2D eigenvalue weighted by atomic mass is 16.5. The topological polar surface area (TPSA) is 59.5 Å². The van der Waals surface area contributed by atoms with Gasteiger partial charge in [0.2, 0.25) is 5.95 Å². The van der Waals surface area contributed by atoms with E-state index in [0.717, 1.165) is 43.6 Å². The Morgan fingerprint density at radius 3 is 2.86 bits per heavy atom. The molecule has 0 aromatic carbocycles. The van der Waals surface area contributed by atoms with Crippen molar-refractivity contribution in [1.29, 1.82) is 0 Å². The third kappa shape index (κ3) is 3.67. The van der Waals surface area contributed by atoms with Crippen LogP contribution in [0.5, 0.6) is 0 Å². The van der Waals surface area contributed by atoms with Gasteiger partial charge in [0.15, 0.2) is 0 Å². The summed E-state index contributed by atoms with van der Waals surface area (Å²) >= 11 is 0. The number of rotatable bonds is 4. The summed E-state index contributed by atoms with van der Waals surface area (Å²) in [5, 5.41) is 3.52. The largest absolute Gasteiger partial charge is 0.379 e. The maximum absolute atomic E-state index is 5.51. The lowest BCUT2D eigenvalue weighted by Gasteiger charge is -2.32. The van der Waals surface area contributed by atoms with Crippen LogP contribution in [0.1, 0.15) is 31.4 Å². The van der Waals surface area contributed by atoms with Crippen molar-refractivity contribution in [3.63, 3.8) is 0 Å². The molecule has 2 aliphatic rings. The molecule has 0 unspecified atom stereocenters. The second-order valence-electron chi connectivity index (χ2n) is 6.13. The van der Waals surface area contributed by atoms with Gasteiger partial charge in [0.25, 0.3) is 0 Å². The molecule has 3 rings (SSSR count). The first-order valence-corrected chi connectivity index (χ1v) is 8.24. The van der Waals surface area contributed by atoms with E-state index in [-0.39, 0.29) is 12.1 Å². The molecule has 3 heterocycles. The highest BCUT2D eigenvalue weighted by Crippen LogP contribution is 2.21. The predicted molar refractivity (Wildman–Crippen MR) is 86.5 cm³/mol. The maximum atomic E-state index is 5.51. The lowest BCUT2D eigenvalue weighted by Crippen LogP contribution is -2.43. The molecule has 122 valence electrons. The molecule has 0 bridgehead atoms. The van der Waals surface area contributed by atoms with Crippen LogP contribution < -0.4 is 10.2 Å². The van der Waals surface area contributed by atoms with Gasteiger partial charge in [0, 0.05) is 38.6 Å². The van der Waals surface area contributed by atoms with Crippen molar-refractivity contribution in [2.75, 3.05) is 43.6 Å². The maximum Gasteiger partial charge on any atom is 0.227 e. The Bertz CT molecular complexity index is 491. The van der Waals surface area contributed by atoms with E-state index in [0.29, 0.717) is 6.61 Å². The molecule has 2 saturated heterocycles. The molecule has 1 N–H and O–H groups in total. The fourth-order valence-electron chi connectivity index (χ4n) is 3.16. The number of aromatic nitrogens is 2. The van der Waals surface area contributed by atoms with Crippen molar-refractivity contribution in [2.24, 2.45) is 0 Å². The van der Waals surface area contributed by atoms with Gasteiger partial charge in [-0.25, -0.2) is 4.98 Å². The van der Waals surface area contributed by atoms with Crippen LogP contribution in [0.4, 0.5) is 11.8 Å². The molecule has 0 saturated carbocycles. The summed E-state index contributed by atoms with van der Waals surface area (Å²) in [6.07, 6.45) is 4.77. The molecule has 2 atom stereocenters. The van der Waals surface area contributed by atoms with Crippen LogP contribution in [0, 0.1) is 6.92 Å². The molecule has 6 nitrogen and oxygen atoms in total. The zero-order chi connectivity index (χ0) is 15.4. The normalized spacial score (nSPS) is 26.0. The lowest BCUT2D eigenvalue weighted by atomic mass is 10.1. The van der Waals surface area contributed by atoms with Gasteiger partial charge in [0.1, 0.15) is 11.9 Å². The van der Waals surface area contributed by atoms with Crippen LogP contribution in [0.2, 0.25) is 0 Å². The fraction of sp³-hybridized carbons (Fsp3) is 0.750. The van der Waals surface area contributed by atoms with Crippen LogP contribution in [0.3, 0.4) is 0 Å². The minimum Gasteiger partial charge on any atom is -0.379 e. The van der Waals surface area contributed by atoms with Gasteiger partial charge < -0.3 is 19.7 Å². The Balaban J connectivity index is 1.73. The predicted octanol–water partition coefficient (Wildman–Crippen LogP) is 1.99. The summed E-state index contributed by atoms with van der Waals surface area (Å²) < 4.78 is 11.0. The molecule has 0 aliphatic carbocycles. The van der Waals surface area contributed by atoms with Gasteiger partial charge in [0.05, 0.1) is 12.6 Å². The zero-order valence-electron chi connectivity index (χ0n) is 13.5.